The van der Waals surface area contributed by atoms with Crippen LogP contribution in [-0.4, -0.2) is 19.4 Å². The van der Waals surface area contributed by atoms with Crippen LogP contribution in [0, 0.1) is 13.8 Å². The molecular formula is C21H17BrClNO4S. The summed E-state index contributed by atoms with van der Waals surface area (Å²) in [5.41, 5.74) is 1.66. The monoisotopic (exact) mass is 493 g/mol. The van der Waals surface area contributed by atoms with Crippen molar-refractivity contribution in [2.45, 2.75) is 23.6 Å². The lowest BCUT2D eigenvalue weighted by molar-refractivity contribution is 0.102. The Morgan fingerprint density at radius 1 is 1.00 bits per heavy atom. The molecule has 150 valence electrons. The van der Waals surface area contributed by atoms with E-state index >= 15 is 0 Å². The first-order chi connectivity index (χ1) is 13.6. The Bertz CT molecular complexity index is 1190. The first kappa shape index (κ1) is 21.4. The van der Waals surface area contributed by atoms with Crippen LogP contribution in [0.15, 0.2) is 68.9 Å². The number of phenolic OH excluding ortho intramolecular Hbond substituents is 1. The van der Waals surface area contributed by atoms with Gasteiger partial charge < -0.3 is 10.4 Å². The van der Waals surface area contributed by atoms with E-state index < -0.39 is 9.84 Å². The number of hydrogen-bond acceptors (Lipinski definition) is 4. The summed E-state index contributed by atoms with van der Waals surface area (Å²) in [6, 6.07) is 13.7. The minimum Gasteiger partial charge on any atom is -0.506 e. The molecule has 0 atom stereocenters. The van der Waals surface area contributed by atoms with E-state index in [0.717, 1.165) is 4.47 Å². The van der Waals surface area contributed by atoms with E-state index in [9.17, 15) is 18.3 Å². The van der Waals surface area contributed by atoms with Crippen molar-refractivity contribution in [3.05, 3.63) is 80.8 Å². The van der Waals surface area contributed by atoms with Crippen LogP contribution in [0.2, 0.25) is 5.02 Å². The lowest BCUT2D eigenvalue weighted by atomic mass is 10.1. The average molecular weight is 495 g/mol. The SMILES string of the molecule is Cc1c(NC(=O)c2ccc(Br)cc2)cc(S(=O)(=O)c2ccc(Cl)cc2)c(O)c1C. The Kier molecular flexibility index (Phi) is 6.03. The molecule has 0 aliphatic rings. The molecule has 1 amide bonds. The molecule has 0 bridgehead atoms. The number of phenols is 1. The van der Waals surface area contributed by atoms with Crippen molar-refractivity contribution in [1.29, 1.82) is 0 Å². The van der Waals surface area contributed by atoms with E-state index in [1.54, 1.807) is 38.1 Å². The van der Waals surface area contributed by atoms with Crippen LogP contribution < -0.4 is 5.32 Å². The molecule has 3 rings (SSSR count). The van der Waals surface area contributed by atoms with Crippen molar-refractivity contribution < 1.29 is 18.3 Å². The number of nitrogens with one attached hydrogen (secondary N) is 1. The van der Waals surface area contributed by atoms with Gasteiger partial charge in [0.05, 0.1) is 4.90 Å². The van der Waals surface area contributed by atoms with Gasteiger partial charge in [0.1, 0.15) is 10.6 Å². The van der Waals surface area contributed by atoms with Crippen LogP contribution in [-0.2, 0) is 9.84 Å². The minimum atomic E-state index is -4.02. The van der Waals surface area contributed by atoms with Crippen molar-refractivity contribution in [2.75, 3.05) is 5.32 Å². The summed E-state index contributed by atoms with van der Waals surface area (Å²) in [6.07, 6.45) is 0. The van der Waals surface area contributed by atoms with E-state index in [0.29, 0.717) is 27.4 Å². The van der Waals surface area contributed by atoms with Gasteiger partial charge in [0.15, 0.2) is 0 Å². The van der Waals surface area contributed by atoms with Crippen molar-refractivity contribution >= 4 is 49.0 Å². The summed E-state index contributed by atoms with van der Waals surface area (Å²) in [6.45, 7) is 3.30. The molecule has 5 nitrogen and oxygen atoms in total. The molecule has 0 aliphatic carbocycles. The molecule has 29 heavy (non-hydrogen) atoms. The number of hydrogen-bond donors (Lipinski definition) is 2. The topological polar surface area (TPSA) is 83.5 Å². The molecule has 0 aromatic heterocycles. The van der Waals surface area contributed by atoms with Crippen LogP contribution in [0.25, 0.3) is 0 Å². The van der Waals surface area contributed by atoms with Gasteiger partial charge in [0.25, 0.3) is 5.91 Å². The highest BCUT2D eigenvalue weighted by Gasteiger charge is 2.25. The standard InChI is InChI=1S/C21H17BrClNO4S/c1-12-13(2)20(25)19(29(27,28)17-9-7-16(23)8-10-17)11-18(12)24-21(26)14-3-5-15(22)6-4-14/h3-11,25H,1-2H3,(H,24,26). The second kappa shape index (κ2) is 8.18. The Morgan fingerprint density at radius 2 is 1.59 bits per heavy atom. The van der Waals surface area contributed by atoms with Gasteiger partial charge in [-0.3, -0.25) is 4.79 Å². The molecule has 3 aromatic rings. The van der Waals surface area contributed by atoms with Crippen LogP contribution in [0.1, 0.15) is 21.5 Å². The first-order valence-corrected chi connectivity index (χ1v) is 11.2. The van der Waals surface area contributed by atoms with E-state index in [-0.39, 0.29) is 21.4 Å². The van der Waals surface area contributed by atoms with Crippen LogP contribution in [0.5, 0.6) is 5.75 Å². The Balaban J connectivity index is 2.06. The largest absolute Gasteiger partial charge is 0.506 e. The number of benzene rings is 3. The number of aromatic hydroxyl groups is 1. The Hall–Kier alpha value is -2.35. The molecule has 8 heteroatoms. The second-order valence-electron chi connectivity index (χ2n) is 6.44. The van der Waals surface area contributed by atoms with E-state index in [4.69, 9.17) is 11.6 Å². The number of anilines is 1. The van der Waals surface area contributed by atoms with Crippen molar-refractivity contribution in [3.8, 4) is 5.75 Å². The third-order valence-electron chi connectivity index (χ3n) is 4.60. The van der Waals surface area contributed by atoms with Crippen molar-refractivity contribution in [1.82, 2.24) is 0 Å². The van der Waals surface area contributed by atoms with Gasteiger partial charge in [-0.15, -0.1) is 0 Å². The predicted octanol–water partition coefficient (Wildman–Crippen LogP) is 5.51. The maximum atomic E-state index is 13.1. The Morgan fingerprint density at radius 3 is 2.17 bits per heavy atom. The molecule has 0 aliphatic heterocycles. The van der Waals surface area contributed by atoms with Gasteiger partial charge in [-0.2, -0.15) is 0 Å². The zero-order valence-corrected chi connectivity index (χ0v) is 18.7. The predicted molar refractivity (Wildman–Crippen MR) is 117 cm³/mol. The number of amides is 1. The van der Waals surface area contributed by atoms with Crippen molar-refractivity contribution in [3.63, 3.8) is 0 Å². The fraction of sp³-hybridized carbons (Fsp3) is 0.0952. The van der Waals surface area contributed by atoms with Crippen LogP contribution >= 0.6 is 27.5 Å². The van der Waals surface area contributed by atoms with Crippen LogP contribution in [0.3, 0.4) is 0 Å². The number of rotatable bonds is 4. The lowest BCUT2D eigenvalue weighted by Gasteiger charge is -2.16. The molecule has 0 unspecified atom stereocenters. The molecular weight excluding hydrogens is 478 g/mol. The quantitative estimate of drug-likeness (QED) is 0.468. The number of sulfone groups is 1. The summed E-state index contributed by atoms with van der Waals surface area (Å²) >= 11 is 9.15. The highest BCUT2D eigenvalue weighted by molar-refractivity contribution is 9.10. The molecule has 0 radical (unpaired) electrons. The van der Waals surface area contributed by atoms with Gasteiger partial charge in [-0.25, -0.2) is 8.42 Å². The maximum absolute atomic E-state index is 13.1. The van der Waals surface area contributed by atoms with E-state index in [1.165, 1.54) is 30.3 Å². The van der Waals surface area contributed by atoms with Gasteiger partial charge in [-0.1, -0.05) is 27.5 Å². The molecule has 0 spiro atoms. The summed E-state index contributed by atoms with van der Waals surface area (Å²) < 4.78 is 26.9. The lowest BCUT2D eigenvalue weighted by Crippen LogP contribution is -2.14. The summed E-state index contributed by atoms with van der Waals surface area (Å²) in [7, 11) is -4.02. The fourth-order valence-electron chi connectivity index (χ4n) is 2.74. The highest BCUT2D eigenvalue weighted by atomic mass is 79.9. The molecule has 2 N–H and O–H groups in total. The third-order valence-corrected chi connectivity index (χ3v) is 7.16. The van der Waals surface area contributed by atoms with E-state index in [2.05, 4.69) is 21.2 Å². The van der Waals surface area contributed by atoms with Gasteiger partial charge in [0.2, 0.25) is 9.84 Å². The first-order valence-electron chi connectivity index (χ1n) is 8.52. The average Bonchev–Trinajstić information content (AvgIpc) is 2.69. The molecule has 0 saturated carbocycles. The van der Waals surface area contributed by atoms with Crippen LogP contribution in [0.4, 0.5) is 5.69 Å². The molecule has 0 heterocycles. The number of carbonyl (C=O) groups is 1. The minimum absolute atomic E-state index is 0.00867. The highest BCUT2D eigenvalue weighted by Crippen LogP contribution is 2.37. The van der Waals surface area contributed by atoms with Gasteiger partial charge >= 0.3 is 0 Å². The second-order valence-corrected chi connectivity index (χ2v) is 9.71. The summed E-state index contributed by atoms with van der Waals surface area (Å²) in [5.74, 6) is -0.736. The Labute approximate surface area is 182 Å². The molecule has 3 aromatic carbocycles. The van der Waals surface area contributed by atoms with E-state index in [1.807, 2.05) is 0 Å². The number of carbonyl (C=O) groups excluding carboxylic acids is 1. The molecule has 0 saturated heterocycles. The molecule has 0 fully saturated rings. The summed E-state index contributed by atoms with van der Waals surface area (Å²) in [4.78, 5) is 12.3. The zero-order valence-electron chi connectivity index (χ0n) is 15.5. The van der Waals surface area contributed by atoms with Gasteiger partial charge in [0, 0.05) is 20.7 Å². The summed E-state index contributed by atoms with van der Waals surface area (Å²) in [5, 5.41) is 13.6. The normalized spacial score (nSPS) is 11.3. The fourth-order valence-corrected chi connectivity index (χ4v) is 4.56. The van der Waals surface area contributed by atoms with Crippen molar-refractivity contribution in [2.24, 2.45) is 0 Å². The smallest absolute Gasteiger partial charge is 0.255 e. The van der Waals surface area contributed by atoms with Gasteiger partial charge in [-0.05, 0) is 79.6 Å². The number of halogens is 2. The third kappa shape index (κ3) is 4.32. The maximum Gasteiger partial charge on any atom is 0.255 e. The zero-order chi connectivity index (χ0) is 21.3.